The highest BCUT2D eigenvalue weighted by Crippen LogP contribution is 2.17. The molecule has 21 heavy (non-hydrogen) atoms. The van der Waals surface area contributed by atoms with Gasteiger partial charge in [0, 0.05) is 6.04 Å². The van der Waals surface area contributed by atoms with Crippen molar-refractivity contribution in [3.05, 3.63) is 35.4 Å². The van der Waals surface area contributed by atoms with E-state index in [1.165, 1.54) is 6.07 Å². The molecule has 5 heteroatoms. The summed E-state index contributed by atoms with van der Waals surface area (Å²) in [5.74, 6) is -2.03. The van der Waals surface area contributed by atoms with Gasteiger partial charge in [-0.3, -0.25) is 9.69 Å². The number of rotatable bonds is 6. The van der Waals surface area contributed by atoms with Crippen LogP contribution in [0.15, 0.2) is 18.2 Å². The number of hydrogen-bond donors (Lipinski definition) is 1. The van der Waals surface area contributed by atoms with Gasteiger partial charge in [0.2, 0.25) is 0 Å². The van der Waals surface area contributed by atoms with E-state index in [4.69, 9.17) is 0 Å². The Bertz CT molecular complexity index is 467. The van der Waals surface area contributed by atoms with Crippen molar-refractivity contribution in [2.75, 3.05) is 26.2 Å². The number of nitrogens with zero attached hydrogens (tertiary/aromatic N) is 1. The molecule has 116 valence electrons. The molecule has 0 spiro atoms. The minimum absolute atomic E-state index is 0.0797. The first-order valence-corrected chi connectivity index (χ1v) is 7.55. The zero-order chi connectivity index (χ0) is 15.2. The summed E-state index contributed by atoms with van der Waals surface area (Å²) in [6.45, 7) is 4.74. The predicted molar refractivity (Wildman–Crippen MR) is 78.4 cm³/mol. The van der Waals surface area contributed by atoms with E-state index in [1.807, 2.05) is 6.92 Å². The molecule has 0 amide bonds. The van der Waals surface area contributed by atoms with Crippen LogP contribution < -0.4 is 5.32 Å². The third kappa shape index (κ3) is 4.08. The van der Waals surface area contributed by atoms with E-state index in [0.717, 1.165) is 51.0 Å². The molecular formula is C16H22F2N2O. The first kappa shape index (κ1) is 16.0. The Labute approximate surface area is 124 Å². The Morgan fingerprint density at radius 1 is 1.29 bits per heavy atom. The van der Waals surface area contributed by atoms with Crippen LogP contribution in [0.3, 0.4) is 0 Å². The minimum Gasteiger partial charge on any atom is -0.317 e. The van der Waals surface area contributed by atoms with Crippen LogP contribution in [-0.4, -0.2) is 42.9 Å². The fourth-order valence-electron chi connectivity index (χ4n) is 2.88. The van der Waals surface area contributed by atoms with Gasteiger partial charge in [0.25, 0.3) is 0 Å². The molecule has 1 aromatic carbocycles. The monoisotopic (exact) mass is 296 g/mol. The molecular weight excluding hydrogens is 274 g/mol. The summed E-state index contributed by atoms with van der Waals surface area (Å²) < 4.78 is 27.4. The Morgan fingerprint density at radius 2 is 1.90 bits per heavy atom. The van der Waals surface area contributed by atoms with E-state index in [-0.39, 0.29) is 6.54 Å². The number of benzene rings is 1. The molecule has 2 rings (SSSR count). The van der Waals surface area contributed by atoms with E-state index in [0.29, 0.717) is 6.04 Å². The summed E-state index contributed by atoms with van der Waals surface area (Å²) >= 11 is 0. The van der Waals surface area contributed by atoms with Crippen molar-refractivity contribution in [3.63, 3.8) is 0 Å². The van der Waals surface area contributed by atoms with Crippen molar-refractivity contribution < 1.29 is 13.6 Å². The topological polar surface area (TPSA) is 32.3 Å². The molecule has 0 saturated carbocycles. The lowest BCUT2D eigenvalue weighted by molar-refractivity contribution is 0.0857. The summed E-state index contributed by atoms with van der Waals surface area (Å²) in [6.07, 6.45) is 2.84. The second-order valence-corrected chi connectivity index (χ2v) is 5.47. The normalized spacial score (nSPS) is 16.4. The minimum atomic E-state index is -0.776. The summed E-state index contributed by atoms with van der Waals surface area (Å²) in [4.78, 5) is 14.3. The van der Waals surface area contributed by atoms with Crippen LogP contribution in [0, 0.1) is 11.6 Å². The van der Waals surface area contributed by atoms with Crippen molar-refractivity contribution in [2.24, 2.45) is 0 Å². The maximum absolute atomic E-state index is 13.7. The van der Waals surface area contributed by atoms with E-state index in [1.54, 1.807) is 0 Å². The zero-order valence-electron chi connectivity index (χ0n) is 12.4. The molecule has 0 aliphatic carbocycles. The van der Waals surface area contributed by atoms with Crippen molar-refractivity contribution in [3.8, 4) is 0 Å². The highest BCUT2D eigenvalue weighted by atomic mass is 19.1. The van der Waals surface area contributed by atoms with Gasteiger partial charge in [0.15, 0.2) is 5.78 Å². The van der Waals surface area contributed by atoms with Crippen molar-refractivity contribution in [1.82, 2.24) is 10.2 Å². The molecule has 1 N–H and O–H groups in total. The van der Waals surface area contributed by atoms with Crippen molar-refractivity contribution >= 4 is 5.78 Å². The smallest absolute Gasteiger partial charge is 0.182 e. The fraction of sp³-hybridized carbons (Fsp3) is 0.562. The molecule has 0 radical (unpaired) electrons. The summed E-state index contributed by atoms with van der Waals surface area (Å²) in [5, 5.41) is 3.28. The van der Waals surface area contributed by atoms with Crippen LogP contribution in [-0.2, 0) is 0 Å². The molecule has 0 aromatic heterocycles. The lowest BCUT2D eigenvalue weighted by atomic mass is 10.0. The van der Waals surface area contributed by atoms with Crippen LogP contribution in [0.1, 0.15) is 36.5 Å². The first-order valence-electron chi connectivity index (χ1n) is 7.55. The molecule has 1 saturated heterocycles. The van der Waals surface area contributed by atoms with Gasteiger partial charge in [-0.05, 0) is 51.0 Å². The number of carbonyl (C=O) groups is 1. The second kappa shape index (κ2) is 7.61. The van der Waals surface area contributed by atoms with Gasteiger partial charge in [-0.25, -0.2) is 8.78 Å². The third-order valence-corrected chi connectivity index (χ3v) is 3.92. The molecule has 1 aromatic rings. The van der Waals surface area contributed by atoms with Crippen LogP contribution in [0.5, 0.6) is 0 Å². The number of piperidine rings is 1. The van der Waals surface area contributed by atoms with Gasteiger partial charge in [-0.2, -0.15) is 0 Å². The molecule has 0 atom stereocenters. The van der Waals surface area contributed by atoms with Gasteiger partial charge in [-0.15, -0.1) is 0 Å². The number of carbonyl (C=O) groups excluding carboxylic acids is 1. The average molecular weight is 296 g/mol. The molecule has 1 aliphatic rings. The lowest BCUT2D eigenvalue weighted by Gasteiger charge is -2.34. The van der Waals surface area contributed by atoms with Crippen LogP contribution in [0.25, 0.3) is 0 Å². The molecule has 0 bridgehead atoms. The fourth-order valence-corrected chi connectivity index (χ4v) is 2.88. The number of Topliss-reactive ketones (excluding diaryl/α,β-unsaturated/α-hetero) is 1. The second-order valence-electron chi connectivity index (χ2n) is 5.47. The molecule has 3 nitrogen and oxygen atoms in total. The summed E-state index contributed by atoms with van der Waals surface area (Å²) in [7, 11) is 0. The van der Waals surface area contributed by atoms with Gasteiger partial charge in [0.05, 0.1) is 12.1 Å². The van der Waals surface area contributed by atoms with E-state index >= 15 is 0 Å². The van der Waals surface area contributed by atoms with E-state index in [2.05, 4.69) is 10.2 Å². The molecule has 1 fully saturated rings. The predicted octanol–water partition coefficient (Wildman–Crippen LogP) is 2.61. The molecule has 1 heterocycles. The summed E-state index contributed by atoms with van der Waals surface area (Å²) in [5.41, 5.74) is -0.410. The highest BCUT2D eigenvalue weighted by Gasteiger charge is 2.25. The maximum atomic E-state index is 13.7. The molecule has 0 unspecified atom stereocenters. The first-order chi connectivity index (χ1) is 10.1. The van der Waals surface area contributed by atoms with Gasteiger partial charge >= 0.3 is 0 Å². The van der Waals surface area contributed by atoms with Gasteiger partial charge < -0.3 is 5.32 Å². The Morgan fingerprint density at radius 3 is 2.48 bits per heavy atom. The molecule has 1 aliphatic heterocycles. The lowest BCUT2D eigenvalue weighted by Crippen LogP contribution is -2.45. The summed E-state index contributed by atoms with van der Waals surface area (Å²) in [6, 6.07) is 3.85. The third-order valence-electron chi connectivity index (χ3n) is 3.92. The van der Waals surface area contributed by atoms with E-state index < -0.39 is 23.0 Å². The number of halogens is 2. The van der Waals surface area contributed by atoms with Gasteiger partial charge in [-0.1, -0.05) is 13.0 Å². The Kier molecular flexibility index (Phi) is 5.82. The number of ketones is 1. The van der Waals surface area contributed by atoms with Crippen molar-refractivity contribution in [1.29, 1.82) is 0 Å². The standard InChI is InChI=1S/C16H22F2N2O/c1-2-10-20(12-6-8-19-9-7-12)11-15(21)16-13(17)4-3-5-14(16)18/h3-5,12,19H,2,6-11H2,1H3. The van der Waals surface area contributed by atoms with E-state index in [9.17, 15) is 13.6 Å². The largest absolute Gasteiger partial charge is 0.317 e. The Hall–Kier alpha value is -1.33. The van der Waals surface area contributed by atoms with Gasteiger partial charge in [0.1, 0.15) is 11.6 Å². The van der Waals surface area contributed by atoms with Crippen LogP contribution >= 0.6 is 0 Å². The van der Waals surface area contributed by atoms with Crippen LogP contribution in [0.4, 0.5) is 8.78 Å². The highest BCUT2D eigenvalue weighted by molar-refractivity contribution is 5.98. The average Bonchev–Trinajstić information content (AvgIpc) is 2.47. The SMILES string of the molecule is CCCN(CC(=O)c1c(F)cccc1F)C1CCNCC1. The van der Waals surface area contributed by atoms with Crippen molar-refractivity contribution in [2.45, 2.75) is 32.2 Å². The maximum Gasteiger partial charge on any atom is 0.182 e. The zero-order valence-corrected chi connectivity index (χ0v) is 12.4. The number of nitrogens with one attached hydrogen (secondary N) is 1. The number of hydrogen-bond acceptors (Lipinski definition) is 3. The quantitative estimate of drug-likeness (QED) is 0.819. The Balaban J connectivity index is 2.10. The van der Waals surface area contributed by atoms with Crippen LogP contribution in [0.2, 0.25) is 0 Å².